The van der Waals surface area contributed by atoms with Crippen LogP contribution in [0.5, 0.6) is 11.5 Å². The highest BCUT2D eigenvalue weighted by atomic mass is 32.2. The molecule has 2 fully saturated rings. The van der Waals surface area contributed by atoms with E-state index < -0.39 is 14.6 Å². The number of rotatable bonds is 15. The molecule has 7 heterocycles. The normalized spacial score (nSPS) is 19.7. The number of ether oxygens (including phenoxy) is 2. The summed E-state index contributed by atoms with van der Waals surface area (Å²) in [6.45, 7) is 22.8. The van der Waals surface area contributed by atoms with Gasteiger partial charge in [0.05, 0.1) is 40.6 Å². The van der Waals surface area contributed by atoms with Crippen LogP contribution in [0.4, 0.5) is 27.7 Å². The Bertz CT molecular complexity index is 3040. The molecule has 6 aromatic rings. The summed E-state index contributed by atoms with van der Waals surface area (Å²) in [4.78, 5) is 46.5. The van der Waals surface area contributed by atoms with E-state index in [-0.39, 0.29) is 53.1 Å². The lowest BCUT2D eigenvalue weighted by Gasteiger charge is -2.45. The monoisotopic (exact) mass is 1000 g/mol. The van der Waals surface area contributed by atoms with E-state index in [1.807, 2.05) is 24.9 Å². The van der Waals surface area contributed by atoms with Crippen LogP contribution in [0.2, 0.25) is 0 Å². The average molecular weight is 1000 g/mol. The Labute approximate surface area is 421 Å². The van der Waals surface area contributed by atoms with Crippen LogP contribution >= 0.6 is 0 Å². The van der Waals surface area contributed by atoms with Crippen LogP contribution < -0.4 is 24.6 Å². The zero-order valence-corrected chi connectivity index (χ0v) is 43.7. The van der Waals surface area contributed by atoms with E-state index in [1.54, 1.807) is 57.4 Å². The predicted molar refractivity (Wildman–Crippen MR) is 277 cm³/mol. The first-order valence-electron chi connectivity index (χ1n) is 24.9. The number of amides is 1. The summed E-state index contributed by atoms with van der Waals surface area (Å²) < 4.78 is 52.5. The number of aromatic nitrogens is 7. The van der Waals surface area contributed by atoms with Crippen molar-refractivity contribution in [3.05, 3.63) is 101 Å². The second kappa shape index (κ2) is 20.3. The summed E-state index contributed by atoms with van der Waals surface area (Å²) in [6.07, 6.45) is 9.37. The van der Waals surface area contributed by atoms with E-state index in [9.17, 15) is 17.6 Å². The fraction of sp³-hybridized carbons (Fsp3) is 0.491. The fourth-order valence-corrected chi connectivity index (χ4v) is 11.3. The van der Waals surface area contributed by atoms with Crippen LogP contribution in [-0.4, -0.2) is 135 Å². The topological polar surface area (TPSA) is 188 Å². The molecule has 3 aliphatic rings. The highest BCUT2D eigenvalue weighted by Crippen LogP contribution is 2.41. The van der Waals surface area contributed by atoms with Crippen LogP contribution in [0, 0.1) is 25.6 Å². The summed E-state index contributed by atoms with van der Waals surface area (Å²) in [5.74, 6) is 2.59. The summed E-state index contributed by atoms with van der Waals surface area (Å²) in [5, 5.41) is 11.0. The number of carbonyl (C=O) groups is 1. The summed E-state index contributed by atoms with van der Waals surface area (Å²) in [5.41, 5.74) is 5.85. The lowest BCUT2D eigenvalue weighted by molar-refractivity contribution is -0.121. The zero-order valence-electron chi connectivity index (χ0n) is 42.9. The molecule has 17 nitrogen and oxygen atoms in total. The number of piperidine rings is 1. The van der Waals surface area contributed by atoms with Crippen molar-refractivity contribution in [2.24, 2.45) is 5.92 Å². The van der Waals surface area contributed by atoms with Gasteiger partial charge in [-0.2, -0.15) is 5.10 Å². The Kier molecular flexibility index (Phi) is 14.3. The van der Waals surface area contributed by atoms with E-state index >= 15 is 0 Å². The number of anilines is 4. The molecule has 0 saturated carbocycles. The Morgan fingerprint density at radius 3 is 2.35 bits per heavy atom. The third kappa shape index (κ3) is 10.7. The number of fused-ring (bicyclic) bond motifs is 2. The van der Waals surface area contributed by atoms with Crippen LogP contribution in [0.1, 0.15) is 89.4 Å². The van der Waals surface area contributed by atoms with Gasteiger partial charge in [0.1, 0.15) is 41.8 Å². The maximum atomic E-state index is 14.3. The molecule has 0 radical (unpaired) electrons. The minimum atomic E-state index is -3.87. The summed E-state index contributed by atoms with van der Waals surface area (Å²) >= 11 is 0. The van der Waals surface area contributed by atoms with Crippen LogP contribution in [0.3, 0.4) is 0 Å². The van der Waals surface area contributed by atoms with Crippen molar-refractivity contribution in [1.29, 1.82) is 0 Å². The fourth-order valence-electron chi connectivity index (χ4n) is 10.0. The van der Waals surface area contributed by atoms with Gasteiger partial charge in [-0.1, -0.05) is 32.9 Å². The molecule has 1 amide bonds. The number of likely N-dealkylation sites (tertiary alicyclic amines) is 1. The zero-order chi connectivity index (χ0) is 51.1. The molecule has 3 aliphatic heterocycles. The minimum absolute atomic E-state index is 0.0278. The number of aromatic amines is 1. The van der Waals surface area contributed by atoms with Gasteiger partial charge in [-0.05, 0) is 102 Å². The highest BCUT2D eigenvalue weighted by Gasteiger charge is 2.41. The lowest BCUT2D eigenvalue weighted by Crippen LogP contribution is -2.58. The van der Waals surface area contributed by atoms with Crippen molar-refractivity contribution in [3.63, 3.8) is 0 Å². The number of benzene rings is 2. The lowest BCUT2D eigenvalue weighted by atomic mass is 9.91. The first kappa shape index (κ1) is 50.6. The van der Waals surface area contributed by atoms with Gasteiger partial charge in [0.15, 0.2) is 21.4 Å². The number of piperazine rings is 1. The first-order chi connectivity index (χ1) is 34.2. The molecule has 0 bridgehead atoms. The Hall–Kier alpha value is -6.31. The standard InChI is InChI=1S/C53H67FN12O5S/c1-33-10-15-40(65(27-33)30-47(67)66-31-53(8,9)48-44(66)21-38(24-55-48)20-37-11-13-39(54)14-12-37)29-63-16-17-64(28-34(63)2)51-56-25-41(26-57-51)70-18-19-71-45-23-43-42(22-46(45)72(68,69)52(5,6)7)50(59-32-58-43)60-49-35(3)36(4)61-62-49/h11-14,21-26,32-34,40H,10,15-20,27-31H2,1-9H3,(H2,58,59,60,61,62)/t33-,34+,40+/m0/s1. The van der Waals surface area contributed by atoms with Crippen LogP contribution in [0.15, 0.2) is 72.3 Å². The van der Waals surface area contributed by atoms with Crippen molar-refractivity contribution < 1.29 is 27.1 Å². The van der Waals surface area contributed by atoms with Crippen molar-refractivity contribution in [1.82, 2.24) is 44.9 Å². The van der Waals surface area contributed by atoms with Crippen molar-refractivity contribution in [2.75, 3.05) is 74.1 Å². The molecule has 72 heavy (non-hydrogen) atoms. The highest BCUT2D eigenvalue weighted by molar-refractivity contribution is 7.92. The molecule has 4 aromatic heterocycles. The average Bonchev–Trinajstić information content (AvgIpc) is 3.81. The van der Waals surface area contributed by atoms with Crippen molar-refractivity contribution in [2.45, 2.75) is 109 Å². The SMILES string of the molecule is Cc1[nH]nc(Nc2ncnc3cc(OCCOc4cnc(N5CCN(C[C@H]6CC[C@H](C)CN6CC(=O)N6CC(C)(C)c7ncc(Cc8ccc(F)cc8)cc76)[C@H](C)C5)nc4)c(S(=O)(=O)C(C)(C)C)cc23)c1C. The summed E-state index contributed by atoms with van der Waals surface area (Å²) in [7, 11) is -3.87. The maximum absolute atomic E-state index is 14.3. The molecule has 0 aliphatic carbocycles. The number of sulfone groups is 1. The second-order valence-corrected chi connectivity index (χ2v) is 24.1. The molecule has 0 spiro atoms. The van der Waals surface area contributed by atoms with E-state index in [1.165, 1.54) is 18.5 Å². The number of carbonyl (C=O) groups excluding carboxylic acids is 1. The van der Waals surface area contributed by atoms with Gasteiger partial charge < -0.3 is 24.6 Å². The van der Waals surface area contributed by atoms with Gasteiger partial charge in [-0.3, -0.25) is 24.7 Å². The van der Waals surface area contributed by atoms with Gasteiger partial charge in [-0.25, -0.2) is 32.7 Å². The molecular formula is C53H67FN12O5S. The molecule has 19 heteroatoms. The number of hydrogen-bond donors (Lipinski definition) is 2. The third-order valence-corrected chi connectivity index (χ3v) is 16.9. The van der Waals surface area contributed by atoms with E-state index in [2.05, 4.69) is 83.9 Å². The van der Waals surface area contributed by atoms with E-state index in [0.717, 1.165) is 79.3 Å². The number of hydrogen-bond acceptors (Lipinski definition) is 15. The molecule has 9 rings (SSSR count). The van der Waals surface area contributed by atoms with Gasteiger partial charge in [0.2, 0.25) is 11.9 Å². The van der Waals surface area contributed by atoms with Gasteiger partial charge in [0.25, 0.3) is 0 Å². The van der Waals surface area contributed by atoms with Crippen molar-refractivity contribution >= 4 is 49.9 Å². The minimum Gasteiger partial charge on any atom is -0.489 e. The number of nitrogens with zero attached hydrogens (tertiary/aromatic N) is 10. The predicted octanol–water partition coefficient (Wildman–Crippen LogP) is 7.59. The number of nitrogens with one attached hydrogen (secondary N) is 2. The largest absolute Gasteiger partial charge is 0.489 e. The van der Waals surface area contributed by atoms with Gasteiger partial charge in [-0.15, -0.1) is 0 Å². The Balaban J connectivity index is 0.793. The summed E-state index contributed by atoms with van der Waals surface area (Å²) in [6, 6.07) is 12.3. The molecule has 3 atom stereocenters. The van der Waals surface area contributed by atoms with Crippen LogP contribution in [0.25, 0.3) is 10.9 Å². The number of halogens is 1. The number of H-pyrrole nitrogens is 1. The molecule has 382 valence electrons. The maximum Gasteiger partial charge on any atom is 0.241 e. The van der Waals surface area contributed by atoms with E-state index in [4.69, 9.17) is 14.5 Å². The molecular weight excluding hydrogens is 936 g/mol. The van der Waals surface area contributed by atoms with Crippen LogP contribution in [-0.2, 0) is 26.5 Å². The molecule has 2 aromatic carbocycles. The first-order valence-corrected chi connectivity index (χ1v) is 26.4. The number of aryl methyl sites for hydroxylation is 1. The quantitative estimate of drug-likeness (QED) is 0.0958. The van der Waals surface area contributed by atoms with Gasteiger partial charge >= 0.3 is 0 Å². The number of pyridine rings is 1. The molecule has 0 unspecified atom stereocenters. The third-order valence-electron chi connectivity index (χ3n) is 14.4. The van der Waals surface area contributed by atoms with Crippen molar-refractivity contribution in [3.8, 4) is 11.5 Å². The smallest absolute Gasteiger partial charge is 0.241 e. The second-order valence-electron chi connectivity index (χ2n) is 21.5. The molecule has 2 saturated heterocycles. The molecule has 2 N–H and O–H groups in total. The Morgan fingerprint density at radius 1 is 0.889 bits per heavy atom. The van der Waals surface area contributed by atoms with E-state index in [0.29, 0.717) is 59.7 Å². The Morgan fingerprint density at radius 2 is 1.64 bits per heavy atom. The van der Waals surface area contributed by atoms with Gasteiger partial charge in [0, 0.05) is 85.7 Å².